The number of hydrogen-bond donors (Lipinski definition) is 2. The molecule has 0 aromatic carbocycles. The summed E-state index contributed by atoms with van der Waals surface area (Å²) in [4.78, 5) is 0.219. The molecule has 1 unspecified atom stereocenters. The van der Waals surface area contributed by atoms with Gasteiger partial charge in [0.05, 0.1) is 6.20 Å². The number of aryl methyl sites for hydroxylation is 1. The molecule has 2 heterocycles. The minimum atomic E-state index is -3.40. The highest BCUT2D eigenvalue weighted by Gasteiger charge is 2.23. The van der Waals surface area contributed by atoms with E-state index < -0.39 is 10.0 Å². The highest BCUT2D eigenvalue weighted by molar-refractivity contribution is 7.89. The van der Waals surface area contributed by atoms with Gasteiger partial charge in [-0.2, -0.15) is 5.10 Å². The molecule has 6 nitrogen and oxygen atoms in total. The summed E-state index contributed by atoms with van der Waals surface area (Å²) in [5.41, 5.74) is 0. The second kappa shape index (κ2) is 3.92. The van der Waals surface area contributed by atoms with E-state index in [9.17, 15) is 8.42 Å². The van der Waals surface area contributed by atoms with Gasteiger partial charge in [0.15, 0.2) is 0 Å². The second-order valence-electron chi connectivity index (χ2n) is 3.66. The van der Waals surface area contributed by atoms with Crippen molar-refractivity contribution >= 4 is 10.0 Å². The Kier molecular flexibility index (Phi) is 2.76. The first-order valence-electron chi connectivity index (χ1n) is 4.79. The highest BCUT2D eigenvalue weighted by Crippen LogP contribution is 2.09. The van der Waals surface area contributed by atoms with Crippen LogP contribution in [-0.4, -0.2) is 37.3 Å². The molecular formula is C8H14N4O2S. The van der Waals surface area contributed by atoms with Gasteiger partial charge in [-0.3, -0.25) is 4.68 Å². The van der Waals surface area contributed by atoms with Crippen LogP contribution in [0.25, 0.3) is 0 Å². The molecule has 0 bridgehead atoms. The molecule has 1 aliphatic heterocycles. The number of nitrogens with zero attached hydrogens (tertiary/aromatic N) is 2. The average molecular weight is 230 g/mol. The fraction of sp³-hybridized carbons (Fsp3) is 0.625. The van der Waals surface area contributed by atoms with Crippen LogP contribution in [0.3, 0.4) is 0 Å². The summed E-state index contributed by atoms with van der Waals surface area (Å²) >= 11 is 0. The van der Waals surface area contributed by atoms with Crippen LogP contribution in [0.1, 0.15) is 6.42 Å². The Balaban J connectivity index is 2.12. The normalized spacial score (nSPS) is 22.1. The summed E-state index contributed by atoms with van der Waals surface area (Å²) in [5, 5.41) is 6.94. The predicted octanol–water partition coefficient (Wildman–Crippen LogP) is -0.940. The van der Waals surface area contributed by atoms with Gasteiger partial charge < -0.3 is 5.32 Å². The highest BCUT2D eigenvalue weighted by atomic mass is 32.2. The molecule has 0 spiro atoms. The van der Waals surface area contributed by atoms with E-state index in [0.29, 0.717) is 6.54 Å². The zero-order chi connectivity index (χ0) is 10.9. The summed E-state index contributed by atoms with van der Waals surface area (Å²) in [6.07, 6.45) is 3.68. The molecule has 15 heavy (non-hydrogen) atoms. The summed E-state index contributed by atoms with van der Waals surface area (Å²) < 4.78 is 27.7. The summed E-state index contributed by atoms with van der Waals surface area (Å²) in [5.74, 6) is 0. The van der Waals surface area contributed by atoms with Crippen LogP contribution in [0.2, 0.25) is 0 Å². The molecule has 1 atom stereocenters. The van der Waals surface area contributed by atoms with Crippen LogP contribution >= 0.6 is 0 Å². The molecule has 1 saturated heterocycles. The van der Waals surface area contributed by atoms with Crippen molar-refractivity contribution in [2.24, 2.45) is 7.05 Å². The van der Waals surface area contributed by atoms with Crippen molar-refractivity contribution in [1.29, 1.82) is 0 Å². The van der Waals surface area contributed by atoms with E-state index in [1.54, 1.807) is 7.05 Å². The van der Waals surface area contributed by atoms with Crippen LogP contribution in [-0.2, 0) is 17.1 Å². The van der Waals surface area contributed by atoms with Crippen molar-refractivity contribution in [1.82, 2.24) is 19.8 Å². The average Bonchev–Trinajstić information content (AvgIpc) is 2.75. The second-order valence-corrected chi connectivity index (χ2v) is 5.37. The molecule has 84 valence electrons. The number of nitrogens with one attached hydrogen (secondary N) is 2. The zero-order valence-corrected chi connectivity index (χ0v) is 9.29. The molecule has 7 heteroatoms. The zero-order valence-electron chi connectivity index (χ0n) is 8.47. The Morgan fingerprint density at radius 1 is 1.67 bits per heavy atom. The van der Waals surface area contributed by atoms with Crippen LogP contribution in [0, 0.1) is 0 Å². The molecular weight excluding hydrogens is 216 g/mol. The van der Waals surface area contributed by atoms with Gasteiger partial charge in [0.25, 0.3) is 0 Å². The van der Waals surface area contributed by atoms with Crippen molar-refractivity contribution in [3.8, 4) is 0 Å². The fourth-order valence-corrected chi connectivity index (χ4v) is 2.83. The molecule has 0 radical (unpaired) electrons. The monoisotopic (exact) mass is 230 g/mol. The van der Waals surface area contributed by atoms with Gasteiger partial charge in [0, 0.05) is 25.8 Å². The Morgan fingerprint density at radius 3 is 3.00 bits per heavy atom. The molecule has 0 amide bonds. The molecule has 1 aliphatic rings. The minimum absolute atomic E-state index is 0.00444. The molecule has 1 aromatic rings. The van der Waals surface area contributed by atoms with Crippen molar-refractivity contribution in [2.45, 2.75) is 17.4 Å². The predicted molar refractivity (Wildman–Crippen MR) is 54.8 cm³/mol. The van der Waals surface area contributed by atoms with Gasteiger partial charge in [-0.25, -0.2) is 13.1 Å². The lowest BCUT2D eigenvalue weighted by Gasteiger charge is -2.09. The maximum Gasteiger partial charge on any atom is 0.243 e. The van der Waals surface area contributed by atoms with Crippen LogP contribution in [0.15, 0.2) is 17.3 Å². The van der Waals surface area contributed by atoms with E-state index in [-0.39, 0.29) is 10.9 Å². The van der Waals surface area contributed by atoms with Gasteiger partial charge >= 0.3 is 0 Å². The lowest BCUT2D eigenvalue weighted by atomic mass is 10.3. The van der Waals surface area contributed by atoms with Crippen molar-refractivity contribution < 1.29 is 8.42 Å². The molecule has 1 aromatic heterocycles. The number of rotatable bonds is 3. The SMILES string of the molecule is Cn1cc(S(=O)(=O)NC2CCNC2)cn1. The molecule has 0 saturated carbocycles. The van der Waals surface area contributed by atoms with E-state index in [0.717, 1.165) is 13.0 Å². The Labute approximate surface area is 88.7 Å². The third-order valence-electron chi connectivity index (χ3n) is 2.37. The molecule has 2 N–H and O–H groups in total. The fourth-order valence-electron chi connectivity index (χ4n) is 1.58. The van der Waals surface area contributed by atoms with E-state index in [4.69, 9.17) is 0 Å². The standard InChI is InChI=1S/C8H14N4O2S/c1-12-6-8(5-10-12)15(13,14)11-7-2-3-9-4-7/h5-7,9,11H,2-4H2,1H3. The summed E-state index contributed by atoms with van der Waals surface area (Å²) in [7, 11) is -1.71. The minimum Gasteiger partial charge on any atom is -0.315 e. The number of hydrogen-bond acceptors (Lipinski definition) is 4. The largest absolute Gasteiger partial charge is 0.315 e. The number of aromatic nitrogens is 2. The van der Waals surface area contributed by atoms with Gasteiger partial charge in [-0.05, 0) is 13.0 Å². The van der Waals surface area contributed by atoms with Gasteiger partial charge in [0.2, 0.25) is 10.0 Å². The smallest absolute Gasteiger partial charge is 0.243 e. The first kappa shape index (κ1) is 10.6. The third kappa shape index (κ3) is 2.36. The van der Waals surface area contributed by atoms with Crippen LogP contribution < -0.4 is 10.0 Å². The van der Waals surface area contributed by atoms with E-state index >= 15 is 0 Å². The van der Waals surface area contributed by atoms with Gasteiger partial charge in [0.1, 0.15) is 4.90 Å². The van der Waals surface area contributed by atoms with E-state index in [1.807, 2.05) is 0 Å². The van der Waals surface area contributed by atoms with Crippen molar-refractivity contribution in [2.75, 3.05) is 13.1 Å². The molecule has 0 aliphatic carbocycles. The molecule has 2 rings (SSSR count). The molecule has 1 fully saturated rings. The summed E-state index contributed by atoms with van der Waals surface area (Å²) in [6.45, 7) is 1.56. The Morgan fingerprint density at radius 2 is 2.47 bits per heavy atom. The first-order valence-corrected chi connectivity index (χ1v) is 6.28. The Hall–Kier alpha value is -0.920. The summed E-state index contributed by atoms with van der Waals surface area (Å²) in [6, 6.07) is -0.00444. The maximum absolute atomic E-state index is 11.8. The van der Waals surface area contributed by atoms with Crippen molar-refractivity contribution in [3.05, 3.63) is 12.4 Å². The number of sulfonamides is 1. The topological polar surface area (TPSA) is 76.0 Å². The third-order valence-corrected chi connectivity index (χ3v) is 3.85. The van der Waals surface area contributed by atoms with Crippen LogP contribution in [0.4, 0.5) is 0 Å². The Bertz CT molecular complexity index is 433. The van der Waals surface area contributed by atoms with Crippen LogP contribution in [0.5, 0.6) is 0 Å². The maximum atomic E-state index is 11.8. The van der Waals surface area contributed by atoms with Crippen molar-refractivity contribution in [3.63, 3.8) is 0 Å². The first-order chi connectivity index (χ1) is 7.08. The lowest BCUT2D eigenvalue weighted by Crippen LogP contribution is -2.36. The van der Waals surface area contributed by atoms with E-state index in [2.05, 4.69) is 15.1 Å². The van der Waals surface area contributed by atoms with Gasteiger partial charge in [-0.15, -0.1) is 0 Å². The van der Waals surface area contributed by atoms with Gasteiger partial charge in [-0.1, -0.05) is 0 Å². The quantitative estimate of drug-likeness (QED) is 0.702. The van der Waals surface area contributed by atoms with E-state index in [1.165, 1.54) is 17.1 Å². The lowest BCUT2D eigenvalue weighted by molar-refractivity contribution is 0.560.